The third-order valence-corrected chi connectivity index (χ3v) is 3.05. The lowest BCUT2D eigenvalue weighted by Crippen LogP contribution is -2.32. The summed E-state index contributed by atoms with van der Waals surface area (Å²) < 4.78 is 0. The second kappa shape index (κ2) is 4.85. The molecule has 1 fully saturated rings. The number of halogens is 1. The highest BCUT2D eigenvalue weighted by Crippen LogP contribution is 2.32. The summed E-state index contributed by atoms with van der Waals surface area (Å²) in [4.78, 5) is 11.3. The third kappa shape index (κ3) is 4.51. The van der Waals surface area contributed by atoms with Crippen LogP contribution in [-0.2, 0) is 4.79 Å². The largest absolute Gasteiger partial charge is 0.355 e. The SMILES string of the molecule is CC(C)C(Cl)CNC(=O)CC1CC1. The maximum Gasteiger partial charge on any atom is 0.220 e. The van der Waals surface area contributed by atoms with Gasteiger partial charge in [-0.25, -0.2) is 0 Å². The van der Waals surface area contributed by atoms with Crippen molar-refractivity contribution in [2.24, 2.45) is 11.8 Å². The smallest absolute Gasteiger partial charge is 0.220 e. The Morgan fingerprint density at radius 1 is 1.54 bits per heavy atom. The zero-order valence-electron chi connectivity index (χ0n) is 8.35. The van der Waals surface area contributed by atoms with Gasteiger partial charge in [-0.15, -0.1) is 11.6 Å². The molecule has 1 atom stereocenters. The van der Waals surface area contributed by atoms with Crippen LogP contribution >= 0.6 is 11.6 Å². The van der Waals surface area contributed by atoms with Gasteiger partial charge in [-0.05, 0) is 24.7 Å². The zero-order chi connectivity index (χ0) is 9.84. The van der Waals surface area contributed by atoms with Gasteiger partial charge in [0.05, 0.1) is 5.38 Å². The van der Waals surface area contributed by atoms with Crippen LogP contribution in [0, 0.1) is 11.8 Å². The van der Waals surface area contributed by atoms with Crippen molar-refractivity contribution in [2.45, 2.75) is 38.5 Å². The lowest BCUT2D eigenvalue weighted by atomic mass is 10.1. The average Bonchev–Trinajstić information content (AvgIpc) is 2.83. The molecule has 0 spiro atoms. The van der Waals surface area contributed by atoms with Gasteiger partial charge < -0.3 is 5.32 Å². The fraction of sp³-hybridized carbons (Fsp3) is 0.900. The van der Waals surface area contributed by atoms with E-state index in [-0.39, 0.29) is 11.3 Å². The summed E-state index contributed by atoms with van der Waals surface area (Å²) >= 11 is 6.00. The Morgan fingerprint density at radius 3 is 2.62 bits per heavy atom. The number of carbonyl (C=O) groups is 1. The molecule has 0 saturated heterocycles. The predicted molar refractivity (Wildman–Crippen MR) is 54.8 cm³/mol. The summed E-state index contributed by atoms with van der Waals surface area (Å²) in [6.45, 7) is 4.72. The number of amides is 1. The van der Waals surface area contributed by atoms with Crippen LogP contribution in [0.3, 0.4) is 0 Å². The van der Waals surface area contributed by atoms with E-state index in [2.05, 4.69) is 19.2 Å². The fourth-order valence-corrected chi connectivity index (χ4v) is 1.18. The predicted octanol–water partition coefficient (Wildman–Crippen LogP) is 2.17. The molecule has 0 bridgehead atoms. The number of hydrogen-bond acceptors (Lipinski definition) is 1. The second-order valence-electron chi connectivity index (χ2n) is 4.21. The molecule has 1 N–H and O–H groups in total. The van der Waals surface area contributed by atoms with Crippen LogP contribution in [0.1, 0.15) is 33.1 Å². The highest BCUT2D eigenvalue weighted by molar-refractivity contribution is 6.21. The molecule has 1 rings (SSSR count). The van der Waals surface area contributed by atoms with Gasteiger partial charge in [0.2, 0.25) is 5.91 Å². The summed E-state index contributed by atoms with van der Waals surface area (Å²) in [5.74, 6) is 1.24. The standard InChI is InChI=1S/C10H18ClNO/c1-7(2)9(11)6-12-10(13)5-8-3-4-8/h7-9H,3-6H2,1-2H3,(H,12,13). The van der Waals surface area contributed by atoms with Crippen molar-refractivity contribution in [3.63, 3.8) is 0 Å². The van der Waals surface area contributed by atoms with E-state index in [1.807, 2.05) is 0 Å². The van der Waals surface area contributed by atoms with Crippen molar-refractivity contribution in [3.8, 4) is 0 Å². The average molecular weight is 204 g/mol. The van der Waals surface area contributed by atoms with Crippen molar-refractivity contribution >= 4 is 17.5 Å². The van der Waals surface area contributed by atoms with Crippen molar-refractivity contribution < 1.29 is 4.79 Å². The number of hydrogen-bond donors (Lipinski definition) is 1. The van der Waals surface area contributed by atoms with E-state index in [1.165, 1.54) is 12.8 Å². The van der Waals surface area contributed by atoms with Crippen LogP contribution in [0.15, 0.2) is 0 Å². The first kappa shape index (κ1) is 10.8. The number of nitrogens with one attached hydrogen (secondary N) is 1. The van der Waals surface area contributed by atoms with E-state index < -0.39 is 0 Å². The maximum atomic E-state index is 11.3. The molecule has 1 aliphatic rings. The Kier molecular flexibility index (Phi) is 4.04. The molecular weight excluding hydrogens is 186 g/mol. The first-order valence-corrected chi connectivity index (χ1v) is 5.44. The van der Waals surface area contributed by atoms with Gasteiger partial charge in [-0.1, -0.05) is 13.8 Å². The fourth-order valence-electron chi connectivity index (χ4n) is 1.10. The molecule has 1 unspecified atom stereocenters. The van der Waals surface area contributed by atoms with Crippen molar-refractivity contribution in [1.82, 2.24) is 5.32 Å². The summed E-state index contributed by atoms with van der Waals surface area (Å²) in [5.41, 5.74) is 0. The van der Waals surface area contributed by atoms with E-state index in [0.29, 0.717) is 24.8 Å². The van der Waals surface area contributed by atoms with Gasteiger partial charge in [0.15, 0.2) is 0 Å². The van der Waals surface area contributed by atoms with Crippen molar-refractivity contribution in [1.29, 1.82) is 0 Å². The lowest BCUT2D eigenvalue weighted by Gasteiger charge is -2.13. The normalized spacial score (nSPS) is 18.8. The van der Waals surface area contributed by atoms with Crippen LogP contribution in [0.2, 0.25) is 0 Å². The molecule has 76 valence electrons. The van der Waals surface area contributed by atoms with Crippen LogP contribution in [0.4, 0.5) is 0 Å². The van der Waals surface area contributed by atoms with E-state index in [4.69, 9.17) is 11.6 Å². The lowest BCUT2D eigenvalue weighted by molar-refractivity contribution is -0.121. The molecule has 3 heteroatoms. The number of carbonyl (C=O) groups excluding carboxylic acids is 1. The first-order chi connectivity index (χ1) is 6.09. The van der Waals surface area contributed by atoms with Gasteiger partial charge in [-0.3, -0.25) is 4.79 Å². The molecule has 13 heavy (non-hydrogen) atoms. The summed E-state index contributed by atoms with van der Waals surface area (Å²) in [7, 11) is 0. The molecular formula is C10H18ClNO. The second-order valence-corrected chi connectivity index (χ2v) is 4.77. The number of rotatable bonds is 5. The Morgan fingerprint density at radius 2 is 2.15 bits per heavy atom. The topological polar surface area (TPSA) is 29.1 Å². The summed E-state index contributed by atoms with van der Waals surface area (Å²) in [6, 6.07) is 0. The minimum Gasteiger partial charge on any atom is -0.355 e. The molecule has 0 aromatic carbocycles. The Balaban J connectivity index is 2.06. The minimum absolute atomic E-state index is 0.0585. The summed E-state index contributed by atoms with van der Waals surface area (Å²) in [5, 5.41) is 2.92. The molecule has 0 aromatic rings. The molecule has 1 saturated carbocycles. The summed E-state index contributed by atoms with van der Waals surface area (Å²) in [6.07, 6.45) is 3.14. The van der Waals surface area contributed by atoms with Crippen LogP contribution in [0.25, 0.3) is 0 Å². The van der Waals surface area contributed by atoms with E-state index in [9.17, 15) is 4.79 Å². The van der Waals surface area contributed by atoms with Crippen molar-refractivity contribution in [2.75, 3.05) is 6.54 Å². The quantitative estimate of drug-likeness (QED) is 0.682. The van der Waals surface area contributed by atoms with Gasteiger partial charge in [0.1, 0.15) is 0 Å². The van der Waals surface area contributed by atoms with E-state index in [0.717, 1.165) is 0 Å². The highest BCUT2D eigenvalue weighted by Gasteiger charge is 2.24. The van der Waals surface area contributed by atoms with Crippen LogP contribution in [-0.4, -0.2) is 17.8 Å². The third-order valence-electron chi connectivity index (χ3n) is 2.39. The van der Waals surface area contributed by atoms with Gasteiger partial charge >= 0.3 is 0 Å². The molecule has 1 amide bonds. The molecule has 1 aliphatic carbocycles. The highest BCUT2D eigenvalue weighted by atomic mass is 35.5. The van der Waals surface area contributed by atoms with Gasteiger partial charge in [-0.2, -0.15) is 0 Å². The minimum atomic E-state index is 0.0585. The first-order valence-electron chi connectivity index (χ1n) is 5.00. The monoisotopic (exact) mass is 203 g/mol. The molecule has 0 aliphatic heterocycles. The molecule has 0 heterocycles. The Hall–Kier alpha value is -0.240. The van der Waals surface area contributed by atoms with E-state index >= 15 is 0 Å². The van der Waals surface area contributed by atoms with Crippen LogP contribution < -0.4 is 5.32 Å². The van der Waals surface area contributed by atoms with E-state index in [1.54, 1.807) is 0 Å². The number of alkyl halides is 1. The zero-order valence-corrected chi connectivity index (χ0v) is 9.10. The van der Waals surface area contributed by atoms with Crippen LogP contribution in [0.5, 0.6) is 0 Å². The van der Waals surface area contributed by atoms with Crippen molar-refractivity contribution in [3.05, 3.63) is 0 Å². The van der Waals surface area contributed by atoms with Gasteiger partial charge in [0, 0.05) is 13.0 Å². The van der Waals surface area contributed by atoms with Gasteiger partial charge in [0.25, 0.3) is 0 Å². The molecule has 0 aromatic heterocycles. The Bertz CT molecular complexity index is 178. The maximum absolute atomic E-state index is 11.3. The molecule has 2 nitrogen and oxygen atoms in total. The Labute approximate surface area is 85.0 Å². The molecule has 0 radical (unpaired) electrons.